The normalized spacial score (nSPS) is 21.8. The molecule has 1 aliphatic heterocycles. The van der Waals surface area contributed by atoms with Crippen molar-refractivity contribution in [2.45, 2.75) is 19.1 Å². The Hall–Kier alpha value is -1.94. The Balaban J connectivity index is 1.91. The van der Waals surface area contributed by atoms with E-state index in [0.29, 0.717) is 6.61 Å². The number of nitrogens with zero attached hydrogens (tertiary/aromatic N) is 1. The Kier molecular flexibility index (Phi) is 2.72. The van der Waals surface area contributed by atoms with Gasteiger partial charge in [-0.15, -0.1) is 0 Å². The molecule has 0 amide bonds. The lowest BCUT2D eigenvalue weighted by molar-refractivity contribution is -0.144. The van der Waals surface area contributed by atoms with Crippen molar-refractivity contribution in [2.75, 3.05) is 6.61 Å². The van der Waals surface area contributed by atoms with Crippen LogP contribution in [-0.4, -0.2) is 23.7 Å². The Labute approximate surface area is 105 Å². The molecule has 1 fully saturated rings. The Morgan fingerprint density at radius 1 is 1.39 bits per heavy atom. The zero-order chi connectivity index (χ0) is 12.5. The fraction of sp³-hybridized carbons (Fsp3) is 0.286. The van der Waals surface area contributed by atoms with Crippen LogP contribution < -0.4 is 0 Å². The third-order valence-corrected chi connectivity index (χ3v) is 3.00. The van der Waals surface area contributed by atoms with Crippen LogP contribution in [0.25, 0.3) is 10.9 Å². The van der Waals surface area contributed by atoms with Gasteiger partial charge in [0.15, 0.2) is 6.10 Å². The summed E-state index contributed by atoms with van der Waals surface area (Å²) in [5.41, 5.74) is 1.91. The third kappa shape index (κ3) is 1.84. The third-order valence-electron chi connectivity index (χ3n) is 3.00. The molecule has 4 heteroatoms. The number of carbonyl (C=O) groups is 1. The second-order valence-corrected chi connectivity index (χ2v) is 4.15. The first kappa shape index (κ1) is 11.2. The number of pyridine rings is 1. The van der Waals surface area contributed by atoms with Crippen LogP contribution in [0.3, 0.4) is 0 Å². The first-order valence-electron chi connectivity index (χ1n) is 5.97. The minimum Gasteiger partial charge on any atom is -0.464 e. The molecule has 0 spiro atoms. The largest absolute Gasteiger partial charge is 0.464 e. The van der Waals surface area contributed by atoms with Crippen molar-refractivity contribution in [3.63, 3.8) is 0 Å². The van der Waals surface area contributed by atoms with Gasteiger partial charge in [-0.1, -0.05) is 18.2 Å². The van der Waals surface area contributed by atoms with Crippen LogP contribution >= 0.6 is 0 Å². The number of epoxide rings is 1. The molecule has 2 atom stereocenters. The molecule has 2 unspecified atom stereocenters. The number of rotatable bonds is 3. The van der Waals surface area contributed by atoms with Crippen molar-refractivity contribution < 1.29 is 14.3 Å². The predicted octanol–water partition coefficient (Wildman–Crippen LogP) is 2.24. The standard InChI is InChI=1S/C14H13NO3/c1-2-17-14(16)13-12(18-13)10-7-8-15-11-6-4-3-5-9(10)11/h3-8,12-13H,2H2,1H3. The van der Waals surface area contributed by atoms with Crippen molar-refractivity contribution in [1.29, 1.82) is 0 Å². The maximum absolute atomic E-state index is 11.6. The molecule has 0 bridgehead atoms. The van der Waals surface area contributed by atoms with E-state index in [1.165, 1.54) is 0 Å². The molecule has 1 saturated heterocycles. The number of hydrogen-bond donors (Lipinski definition) is 0. The van der Waals surface area contributed by atoms with Gasteiger partial charge in [0, 0.05) is 11.6 Å². The Bertz CT molecular complexity index is 591. The van der Waals surface area contributed by atoms with Gasteiger partial charge in [-0.2, -0.15) is 0 Å². The molecule has 0 aliphatic carbocycles. The minimum atomic E-state index is -0.462. The van der Waals surface area contributed by atoms with E-state index in [1.54, 1.807) is 13.1 Å². The van der Waals surface area contributed by atoms with E-state index in [1.807, 2.05) is 30.3 Å². The summed E-state index contributed by atoms with van der Waals surface area (Å²) in [4.78, 5) is 15.8. The summed E-state index contributed by atoms with van der Waals surface area (Å²) in [6, 6.07) is 9.72. The molecule has 92 valence electrons. The van der Waals surface area contributed by atoms with Crippen molar-refractivity contribution in [1.82, 2.24) is 4.98 Å². The van der Waals surface area contributed by atoms with Crippen molar-refractivity contribution in [3.8, 4) is 0 Å². The fourth-order valence-electron chi connectivity index (χ4n) is 2.12. The highest BCUT2D eigenvalue weighted by atomic mass is 16.6. The maximum Gasteiger partial charge on any atom is 0.338 e. The lowest BCUT2D eigenvalue weighted by atomic mass is 10.0. The first-order chi connectivity index (χ1) is 8.81. The van der Waals surface area contributed by atoms with Crippen LogP contribution in [0, 0.1) is 0 Å². The molecule has 1 aromatic heterocycles. The summed E-state index contributed by atoms with van der Waals surface area (Å²) in [5, 5.41) is 1.02. The highest BCUT2D eigenvalue weighted by molar-refractivity contribution is 5.85. The molecule has 1 aliphatic rings. The molecule has 4 nitrogen and oxygen atoms in total. The lowest BCUT2D eigenvalue weighted by Gasteiger charge is -2.02. The van der Waals surface area contributed by atoms with Gasteiger partial charge in [0.25, 0.3) is 0 Å². The molecule has 0 radical (unpaired) electrons. The molecule has 2 heterocycles. The highest BCUT2D eigenvalue weighted by Crippen LogP contribution is 2.41. The molecule has 3 rings (SSSR count). The lowest BCUT2D eigenvalue weighted by Crippen LogP contribution is -2.11. The Morgan fingerprint density at radius 3 is 3.06 bits per heavy atom. The van der Waals surface area contributed by atoms with Crippen LogP contribution in [0.4, 0.5) is 0 Å². The molecule has 18 heavy (non-hydrogen) atoms. The SMILES string of the molecule is CCOC(=O)C1OC1c1ccnc2ccccc12. The molecule has 0 N–H and O–H groups in total. The summed E-state index contributed by atoms with van der Waals surface area (Å²) in [7, 11) is 0. The molecule has 1 aromatic carbocycles. The fourth-order valence-corrected chi connectivity index (χ4v) is 2.12. The van der Waals surface area contributed by atoms with Crippen LogP contribution in [0.5, 0.6) is 0 Å². The Morgan fingerprint density at radius 2 is 2.22 bits per heavy atom. The molecule has 0 saturated carbocycles. The smallest absolute Gasteiger partial charge is 0.338 e. The number of fused-ring (bicyclic) bond motifs is 1. The number of benzene rings is 1. The van der Waals surface area contributed by atoms with Gasteiger partial charge in [-0.05, 0) is 24.6 Å². The summed E-state index contributed by atoms with van der Waals surface area (Å²) in [6.07, 6.45) is 1.08. The average molecular weight is 243 g/mol. The number of esters is 1. The van der Waals surface area contributed by atoms with Gasteiger partial charge in [0.1, 0.15) is 6.10 Å². The van der Waals surface area contributed by atoms with Crippen molar-refractivity contribution in [2.24, 2.45) is 0 Å². The monoisotopic (exact) mass is 243 g/mol. The topological polar surface area (TPSA) is 51.7 Å². The van der Waals surface area contributed by atoms with Gasteiger partial charge in [-0.3, -0.25) is 4.98 Å². The summed E-state index contributed by atoms with van der Waals surface area (Å²) < 4.78 is 10.4. The zero-order valence-corrected chi connectivity index (χ0v) is 10.00. The summed E-state index contributed by atoms with van der Waals surface area (Å²) in [6.45, 7) is 2.17. The van der Waals surface area contributed by atoms with E-state index in [2.05, 4.69) is 4.98 Å². The quantitative estimate of drug-likeness (QED) is 0.612. The molecular formula is C14H13NO3. The van der Waals surface area contributed by atoms with Crippen LogP contribution in [0.2, 0.25) is 0 Å². The van der Waals surface area contributed by atoms with Gasteiger partial charge in [0.05, 0.1) is 12.1 Å². The van der Waals surface area contributed by atoms with Crippen LogP contribution in [0.15, 0.2) is 36.5 Å². The van der Waals surface area contributed by atoms with Crippen LogP contribution in [0.1, 0.15) is 18.6 Å². The van der Waals surface area contributed by atoms with Gasteiger partial charge < -0.3 is 9.47 Å². The maximum atomic E-state index is 11.6. The van der Waals surface area contributed by atoms with Gasteiger partial charge >= 0.3 is 5.97 Å². The van der Waals surface area contributed by atoms with E-state index in [4.69, 9.17) is 9.47 Å². The van der Waals surface area contributed by atoms with E-state index in [9.17, 15) is 4.79 Å². The first-order valence-corrected chi connectivity index (χ1v) is 5.97. The van der Waals surface area contributed by atoms with Gasteiger partial charge in [-0.25, -0.2) is 4.79 Å². The van der Waals surface area contributed by atoms with Crippen LogP contribution in [-0.2, 0) is 14.3 Å². The van der Waals surface area contributed by atoms with E-state index < -0.39 is 6.10 Å². The zero-order valence-electron chi connectivity index (χ0n) is 10.00. The number of hydrogen-bond acceptors (Lipinski definition) is 4. The van der Waals surface area contributed by atoms with Crippen molar-refractivity contribution in [3.05, 3.63) is 42.1 Å². The summed E-state index contributed by atoms with van der Waals surface area (Å²) >= 11 is 0. The molecule has 2 aromatic rings. The highest BCUT2D eigenvalue weighted by Gasteiger charge is 2.48. The molecular weight excluding hydrogens is 230 g/mol. The van der Waals surface area contributed by atoms with Gasteiger partial charge in [0.2, 0.25) is 0 Å². The minimum absolute atomic E-state index is 0.197. The second kappa shape index (κ2) is 4.38. The average Bonchev–Trinajstić information content (AvgIpc) is 3.18. The van der Waals surface area contributed by atoms with E-state index >= 15 is 0 Å². The second-order valence-electron chi connectivity index (χ2n) is 4.15. The number of para-hydroxylation sites is 1. The predicted molar refractivity (Wildman–Crippen MR) is 66.0 cm³/mol. The van der Waals surface area contributed by atoms with E-state index in [-0.39, 0.29) is 12.1 Å². The number of carbonyl (C=O) groups excluding carboxylic acids is 1. The number of ether oxygens (including phenoxy) is 2. The van der Waals surface area contributed by atoms with E-state index in [0.717, 1.165) is 16.5 Å². The number of aromatic nitrogens is 1. The van der Waals surface area contributed by atoms with Crippen molar-refractivity contribution >= 4 is 16.9 Å². The summed E-state index contributed by atoms with van der Waals surface area (Å²) in [5.74, 6) is -0.289.